The minimum atomic E-state index is 0.447. The topological polar surface area (TPSA) is 18.5 Å². The fourth-order valence-corrected chi connectivity index (χ4v) is 2.09. The average Bonchev–Trinajstić information content (AvgIpc) is 2.74. The number of ether oxygens (including phenoxy) is 2. The molecule has 1 saturated heterocycles. The molecule has 2 rings (SSSR count). The number of rotatable bonds is 5. The van der Waals surface area contributed by atoms with Crippen LogP contribution >= 0.6 is 12.6 Å². The highest BCUT2D eigenvalue weighted by atomic mass is 32.1. The van der Waals surface area contributed by atoms with Crippen molar-refractivity contribution in [3.8, 4) is 0 Å². The van der Waals surface area contributed by atoms with Crippen LogP contribution in [0, 0.1) is 11.3 Å². The van der Waals surface area contributed by atoms with E-state index in [1.807, 2.05) is 0 Å². The predicted molar refractivity (Wildman–Crippen MR) is 55.3 cm³/mol. The lowest BCUT2D eigenvalue weighted by atomic mass is 10.1. The second kappa shape index (κ2) is 4.20. The Morgan fingerprint density at radius 1 is 1.46 bits per heavy atom. The Balaban J connectivity index is 1.58. The summed E-state index contributed by atoms with van der Waals surface area (Å²) < 4.78 is 11.0. The quantitative estimate of drug-likeness (QED) is 0.685. The summed E-state index contributed by atoms with van der Waals surface area (Å²) in [5.74, 6) is 1.63. The molecule has 1 heterocycles. The molecule has 3 heteroatoms. The lowest BCUT2D eigenvalue weighted by molar-refractivity contribution is 0.0643. The van der Waals surface area contributed by atoms with Crippen molar-refractivity contribution >= 4 is 12.6 Å². The second-order valence-corrected chi connectivity index (χ2v) is 4.72. The van der Waals surface area contributed by atoms with E-state index in [1.54, 1.807) is 0 Å². The molecule has 2 aliphatic rings. The highest BCUT2D eigenvalue weighted by Crippen LogP contribution is 2.46. The standard InChI is InChI=1S/C10H18O2S/c13-8-10(2-3-10)7-12-6-9-1-4-11-5-9/h9,13H,1-8H2. The van der Waals surface area contributed by atoms with E-state index in [0.717, 1.165) is 32.2 Å². The predicted octanol–water partition coefficient (Wildman–Crippen LogP) is 1.75. The van der Waals surface area contributed by atoms with E-state index in [-0.39, 0.29) is 0 Å². The number of thiol groups is 1. The first-order chi connectivity index (χ1) is 6.35. The maximum atomic E-state index is 5.71. The van der Waals surface area contributed by atoms with E-state index in [0.29, 0.717) is 11.3 Å². The highest BCUT2D eigenvalue weighted by molar-refractivity contribution is 7.80. The molecule has 0 aromatic heterocycles. The molecule has 1 unspecified atom stereocenters. The fourth-order valence-electron chi connectivity index (χ4n) is 1.68. The van der Waals surface area contributed by atoms with Crippen molar-refractivity contribution < 1.29 is 9.47 Å². The summed E-state index contributed by atoms with van der Waals surface area (Å²) >= 11 is 4.34. The molecule has 0 spiro atoms. The van der Waals surface area contributed by atoms with Crippen LogP contribution in [0.2, 0.25) is 0 Å². The summed E-state index contributed by atoms with van der Waals surface area (Å²) in [5.41, 5.74) is 0.447. The third-order valence-electron chi connectivity index (χ3n) is 3.08. The smallest absolute Gasteiger partial charge is 0.0530 e. The van der Waals surface area contributed by atoms with Crippen molar-refractivity contribution in [3.05, 3.63) is 0 Å². The van der Waals surface area contributed by atoms with E-state index in [9.17, 15) is 0 Å². The van der Waals surface area contributed by atoms with Gasteiger partial charge in [0.15, 0.2) is 0 Å². The van der Waals surface area contributed by atoms with Gasteiger partial charge in [-0.15, -0.1) is 0 Å². The monoisotopic (exact) mass is 202 g/mol. The van der Waals surface area contributed by atoms with Gasteiger partial charge in [0, 0.05) is 17.9 Å². The van der Waals surface area contributed by atoms with Gasteiger partial charge in [0.2, 0.25) is 0 Å². The molecule has 0 amide bonds. The Morgan fingerprint density at radius 3 is 2.85 bits per heavy atom. The number of hydrogen-bond donors (Lipinski definition) is 1. The van der Waals surface area contributed by atoms with Gasteiger partial charge in [-0.1, -0.05) is 0 Å². The summed E-state index contributed by atoms with van der Waals surface area (Å²) in [4.78, 5) is 0. The molecule has 76 valence electrons. The van der Waals surface area contributed by atoms with Gasteiger partial charge in [0.1, 0.15) is 0 Å². The molecule has 1 atom stereocenters. The molecule has 0 radical (unpaired) electrons. The Morgan fingerprint density at radius 2 is 2.31 bits per heavy atom. The van der Waals surface area contributed by atoms with Crippen molar-refractivity contribution in [2.75, 3.05) is 32.2 Å². The van der Waals surface area contributed by atoms with E-state index < -0.39 is 0 Å². The van der Waals surface area contributed by atoms with Crippen LogP contribution in [0.5, 0.6) is 0 Å². The molecular formula is C10H18O2S. The van der Waals surface area contributed by atoms with Gasteiger partial charge in [-0.25, -0.2) is 0 Å². The minimum absolute atomic E-state index is 0.447. The summed E-state index contributed by atoms with van der Waals surface area (Å²) in [7, 11) is 0. The van der Waals surface area contributed by atoms with E-state index in [2.05, 4.69) is 12.6 Å². The molecule has 0 aromatic rings. The van der Waals surface area contributed by atoms with Crippen molar-refractivity contribution in [3.63, 3.8) is 0 Å². The van der Waals surface area contributed by atoms with E-state index in [1.165, 1.54) is 19.3 Å². The lowest BCUT2D eigenvalue weighted by Gasteiger charge is -2.14. The summed E-state index contributed by atoms with van der Waals surface area (Å²) in [6.07, 6.45) is 3.78. The molecular weight excluding hydrogens is 184 g/mol. The number of hydrogen-bond acceptors (Lipinski definition) is 3. The van der Waals surface area contributed by atoms with Crippen LogP contribution in [-0.2, 0) is 9.47 Å². The van der Waals surface area contributed by atoms with Gasteiger partial charge in [0.05, 0.1) is 19.8 Å². The van der Waals surface area contributed by atoms with Crippen molar-refractivity contribution in [1.29, 1.82) is 0 Å². The normalized spacial score (nSPS) is 30.7. The van der Waals surface area contributed by atoms with Crippen LogP contribution < -0.4 is 0 Å². The SMILES string of the molecule is SCC1(COCC2CCOC2)CC1. The lowest BCUT2D eigenvalue weighted by Crippen LogP contribution is -2.17. The minimum Gasteiger partial charge on any atom is -0.381 e. The summed E-state index contributed by atoms with van der Waals surface area (Å²) in [6.45, 7) is 3.61. The first-order valence-electron chi connectivity index (χ1n) is 5.11. The molecule has 2 fully saturated rings. The van der Waals surface area contributed by atoms with Crippen LogP contribution in [-0.4, -0.2) is 32.2 Å². The Hall–Kier alpha value is 0.270. The zero-order valence-electron chi connectivity index (χ0n) is 8.00. The molecule has 1 aliphatic carbocycles. The van der Waals surface area contributed by atoms with Crippen LogP contribution in [0.4, 0.5) is 0 Å². The molecule has 0 N–H and O–H groups in total. The third kappa shape index (κ3) is 2.61. The van der Waals surface area contributed by atoms with E-state index in [4.69, 9.17) is 9.47 Å². The first-order valence-corrected chi connectivity index (χ1v) is 5.74. The van der Waals surface area contributed by atoms with Crippen LogP contribution in [0.3, 0.4) is 0 Å². The van der Waals surface area contributed by atoms with Gasteiger partial charge in [-0.3, -0.25) is 0 Å². The highest BCUT2D eigenvalue weighted by Gasteiger charge is 2.41. The van der Waals surface area contributed by atoms with Crippen molar-refractivity contribution in [2.45, 2.75) is 19.3 Å². The van der Waals surface area contributed by atoms with Crippen molar-refractivity contribution in [1.82, 2.24) is 0 Å². The Labute approximate surface area is 85.4 Å². The molecule has 13 heavy (non-hydrogen) atoms. The van der Waals surface area contributed by atoms with Gasteiger partial charge in [0.25, 0.3) is 0 Å². The van der Waals surface area contributed by atoms with Gasteiger partial charge in [-0.2, -0.15) is 12.6 Å². The van der Waals surface area contributed by atoms with E-state index >= 15 is 0 Å². The molecule has 1 aliphatic heterocycles. The molecule has 1 saturated carbocycles. The molecule has 2 nitrogen and oxygen atoms in total. The van der Waals surface area contributed by atoms with Crippen LogP contribution in [0.1, 0.15) is 19.3 Å². The fraction of sp³-hybridized carbons (Fsp3) is 1.00. The zero-order valence-corrected chi connectivity index (χ0v) is 8.89. The van der Waals surface area contributed by atoms with Gasteiger partial charge < -0.3 is 9.47 Å². The Bertz CT molecular complexity index is 162. The summed E-state index contributed by atoms with van der Waals surface area (Å²) in [5, 5.41) is 0. The summed E-state index contributed by atoms with van der Waals surface area (Å²) in [6, 6.07) is 0. The third-order valence-corrected chi connectivity index (χ3v) is 3.75. The van der Waals surface area contributed by atoms with Gasteiger partial charge in [-0.05, 0) is 25.0 Å². The average molecular weight is 202 g/mol. The van der Waals surface area contributed by atoms with Crippen LogP contribution in [0.15, 0.2) is 0 Å². The Kier molecular flexibility index (Phi) is 3.17. The van der Waals surface area contributed by atoms with Gasteiger partial charge >= 0.3 is 0 Å². The zero-order chi connectivity index (χ0) is 9.15. The largest absolute Gasteiger partial charge is 0.381 e. The van der Waals surface area contributed by atoms with Crippen molar-refractivity contribution in [2.24, 2.45) is 11.3 Å². The van der Waals surface area contributed by atoms with Crippen LogP contribution in [0.25, 0.3) is 0 Å². The molecule has 0 aromatic carbocycles. The molecule has 0 bridgehead atoms. The second-order valence-electron chi connectivity index (χ2n) is 4.40. The maximum absolute atomic E-state index is 5.71. The maximum Gasteiger partial charge on any atom is 0.0530 e. The first kappa shape index (κ1) is 9.81.